The molecule has 15 heteroatoms. The van der Waals surface area contributed by atoms with Crippen LogP contribution in [0, 0.1) is 11.6 Å². The van der Waals surface area contributed by atoms with Crippen LogP contribution in [0.15, 0.2) is 66.1 Å². The van der Waals surface area contributed by atoms with Gasteiger partial charge in [-0.15, -0.1) is 0 Å². The van der Waals surface area contributed by atoms with Gasteiger partial charge in [-0.1, -0.05) is 12.1 Å². The number of rotatable bonds is 5. The van der Waals surface area contributed by atoms with Gasteiger partial charge >= 0.3 is 12.4 Å². The zero-order valence-electron chi connectivity index (χ0n) is 22.7. The fraction of sp³-hybridized carbons (Fsp3) is 0.276. The Bertz CT molecular complexity index is 1670. The van der Waals surface area contributed by atoms with Crippen LogP contribution in [0.5, 0.6) is 0 Å². The smallest absolute Gasteiger partial charge is 0.433 e. The summed E-state index contributed by atoms with van der Waals surface area (Å²) in [7, 11) is 0. The highest BCUT2D eigenvalue weighted by Gasteiger charge is 2.52. The lowest BCUT2D eigenvalue weighted by Gasteiger charge is -2.46. The molecule has 1 saturated heterocycles. The van der Waals surface area contributed by atoms with Crippen molar-refractivity contribution in [3.05, 3.63) is 94.5 Å². The second-order valence-corrected chi connectivity index (χ2v) is 10.5. The van der Waals surface area contributed by atoms with E-state index in [0.29, 0.717) is 36.9 Å². The van der Waals surface area contributed by atoms with Crippen LogP contribution in [0.3, 0.4) is 0 Å². The summed E-state index contributed by atoms with van der Waals surface area (Å²) >= 11 is 0. The van der Waals surface area contributed by atoms with E-state index in [-0.39, 0.29) is 35.3 Å². The first-order chi connectivity index (χ1) is 20.5. The summed E-state index contributed by atoms with van der Waals surface area (Å²) in [4.78, 5) is 30.5. The van der Waals surface area contributed by atoms with E-state index in [0.717, 1.165) is 29.3 Å². The first kappa shape index (κ1) is 30.9. The molecule has 1 fully saturated rings. The lowest BCUT2D eigenvalue weighted by molar-refractivity contribution is -0.160. The molecule has 0 spiro atoms. The van der Waals surface area contributed by atoms with E-state index >= 15 is 0 Å². The molecule has 7 nitrogen and oxygen atoms in total. The van der Waals surface area contributed by atoms with Gasteiger partial charge in [-0.2, -0.15) is 26.3 Å². The maximum absolute atomic E-state index is 14.5. The molecule has 2 N–H and O–H groups in total. The Labute approximate surface area is 244 Å². The van der Waals surface area contributed by atoms with E-state index in [1.54, 1.807) is 6.92 Å². The van der Waals surface area contributed by atoms with E-state index in [2.05, 4.69) is 10.3 Å². The van der Waals surface area contributed by atoms with Crippen molar-refractivity contribution in [3.8, 4) is 11.1 Å². The third kappa shape index (κ3) is 5.58. The van der Waals surface area contributed by atoms with E-state index < -0.39 is 70.5 Å². The SMILES string of the molecule is C[C@]12CCCN1N(Cc1ccc(F)cc1F)C(=O)C(C(=O)Nc1ccc(C(F)(F)F)cc1-c1ccc(C(F)(F)F)nc1)=C2O. The van der Waals surface area contributed by atoms with Gasteiger partial charge in [-0.3, -0.25) is 19.6 Å². The van der Waals surface area contributed by atoms with Crippen LogP contribution in [0.25, 0.3) is 11.1 Å². The number of aliphatic hydroxyl groups excluding tert-OH is 1. The topological polar surface area (TPSA) is 85.8 Å². The predicted octanol–water partition coefficient (Wildman–Crippen LogP) is 6.63. The Kier molecular flexibility index (Phi) is 7.64. The fourth-order valence-electron chi connectivity index (χ4n) is 5.33. The molecule has 0 saturated carbocycles. The average molecular weight is 627 g/mol. The van der Waals surface area contributed by atoms with Crippen LogP contribution in [-0.2, 0) is 28.5 Å². The summed E-state index contributed by atoms with van der Waals surface area (Å²) in [6.07, 6.45) is -8.24. The van der Waals surface area contributed by atoms with Gasteiger partial charge in [-0.25, -0.2) is 13.8 Å². The molecule has 2 aromatic carbocycles. The van der Waals surface area contributed by atoms with Gasteiger partial charge in [0.25, 0.3) is 11.8 Å². The number of nitrogens with zero attached hydrogens (tertiary/aromatic N) is 3. The van der Waals surface area contributed by atoms with E-state index in [1.807, 2.05) is 0 Å². The largest absolute Gasteiger partial charge is 0.509 e. The molecule has 3 heterocycles. The summed E-state index contributed by atoms with van der Waals surface area (Å²) in [5.74, 6) is -4.73. The first-order valence-electron chi connectivity index (χ1n) is 13.0. The van der Waals surface area contributed by atoms with E-state index in [9.17, 15) is 49.8 Å². The Morgan fingerprint density at radius 3 is 2.36 bits per heavy atom. The van der Waals surface area contributed by atoms with E-state index in [1.165, 1.54) is 5.01 Å². The number of fused-ring (bicyclic) bond motifs is 1. The van der Waals surface area contributed by atoms with Crippen LogP contribution in [0.1, 0.15) is 36.6 Å². The minimum atomic E-state index is -4.85. The van der Waals surface area contributed by atoms with Gasteiger partial charge in [0.2, 0.25) is 0 Å². The minimum absolute atomic E-state index is 0.0880. The number of aromatic nitrogens is 1. The van der Waals surface area contributed by atoms with Gasteiger partial charge < -0.3 is 10.4 Å². The van der Waals surface area contributed by atoms with Crippen LogP contribution in [0.2, 0.25) is 0 Å². The third-order valence-electron chi connectivity index (χ3n) is 7.61. The molecule has 2 amide bonds. The maximum Gasteiger partial charge on any atom is 0.433 e. The standard InChI is InChI=1S/C29H22F8N4O3/c1-27-9-2-10-41(27)40(14-16-3-6-18(30)12-20(16)31)26(44)23(24(27)42)25(43)39-21-7-5-17(28(32,33)34)11-19(21)15-4-8-22(38-13-15)29(35,36)37/h3-8,11-13,42H,2,9-10,14H2,1H3,(H,39,43)/t27-/m1/s1. The van der Waals surface area contributed by atoms with E-state index in [4.69, 9.17) is 0 Å². The van der Waals surface area contributed by atoms with Crippen molar-refractivity contribution in [2.45, 2.75) is 44.2 Å². The average Bonchev–Trinajstić information content (AvgIpc) is 3.34. The number of pyridine rings is 1. The molecule has 2 aliphatic heterocycles. The number of anilines is 1. The van der Waals surface area contributed by atoms with Crippen LogP contribution < -0.4 is 5.32 Å². The van der Waals surface area contributed by atoms with Gasteiger partial charge in [0.15, 0.2) is 0 Å². The molecule has 2 aliphatic rings. The molecular weight excluding hydrogens is 604 g/mol. The highest BCUT2D eigenvalue weighted by molar-refractivity contribution is 6.24. The van der Waals surface area contributed by atoms with Crippen LogP contribution in [0.4, 0.5) is 40.8 Å². The summed E-state index contributed by atoms with van der Waals surface area (Å²) in [5, 5.41) is 16.0. The fourth-order valence-corrected chi connectivity index (χ4v) is 5.33. The monoisotopic (exact) mass is 626 g/mol. The van der Waals surface area contributed by atoms with Crippen molar-refractivity contribution in [1.82, 2.24) is 15.0 Å². The molecule has 5 rings (SSSR count). The maximum atomic E-state index is 14.5. The van der Waals surface area contributed by atoms with Gasteiger partial charge in [0.05, 0.1) is 17.6 Å². The van der Waals surface area contributed by atoms with Crippen molar-refractivity contribution in [2.24, 2.45) is 0 Å². The number of alkyl halides is 6. The highest BCUT2D eigenvalue weighted by Crippen LogP contribution is 2.43. The quantitative estimate of drug-likeness (QED) is 0.246. The Hall–Kier alpha value is -4.53. The Morgan fingerprint density at radius 1 is 1.02 bits per heavy atom. The number of halogens is 8. The van der Waals surface area contributed by atoms with Crippen molar-refractivity contribution in [3.63, 3.8) is 0 Å². The summed E-state index contributed by atoms with van der Waals surface area (Å²) < 4.78 is 108. The Balaban J connectivity index is 1.54. The van der Waals surface area contributed by atoms with Gasteiger partial charge in [0.1, 0.15) is 28.7 Å². The molecular formula is C29H22F8N4O3. The molecule has 1 aromatic heterocycles. The number of hydrogen-bond donors (Lipinski definition) is 2. The molecule has 0 aliphatic carbocycles. The van der Waals surface area contributed by atoms with Crippen molar-refractivity contribution in [2.75, 3.05) is 11.9 Å². The summed E-state index contributed by atoms with van der Waals surface area (Å²) in [5.41, 5.74) is -5.53. The normalized spacial score (nSPS) is 19.4. The number of benzene rings is 2. The molecule has 0 radical (unpaired) electrons. The first-order valence-corrected chi connectivity index (χ1v) is 13.0. The molecule has 0 unspecified atom stereocenters. The van der Waals surface area contributed by atoms with Crippen molar-refractivity contribution >= 4 is 17.5 Å². The number of aliphatic hydroxyl groups is 1. The minimum Gasteiger partial charge on any atom is -0.509 e. The number of nitrogens with one attached hydrogen (secondary N) is 1. The lowest BCUT2D eigenvalue weighted by Crippen LogP contribution is -2.60. The Morgan fingerprint density at radius 2 is 1.75 bits per heavy atom. The van der Waals surface area contributed by atoms with Crippen LogP contribution >= 0.6 is 0 Å². The molecule has 0 bridgehead atoms. The molecule has 1 atom stereocenters. The highest BCUT2D eigenvalue weighted by atomic mass is 19.4. The zero-order valence-corrected chi connectivity index (χ0v) is 22.7. The van der Waals surface area contributed by atoms with Gasteiger partial charge in [-0.05, 0) is 50.1 Å². The number of carbonyl (C=O) groups is 2. The number of amides is 2. The van der Waals surface area contributed by atoms with Crippen molar-refractivity contribution < 1.29 is 49.8 Å². The van der Waals surface area contributed by atoms with Crippen LogP contribution in [-0.4, -0.2) is 44.0 Å². The summed E-state index contributed by atoms with van der Waals surface area (Å²) in [6, 6.07) is 6.23. The number of carbonyl (C=O) groups excluding carboxylic acids is 2. The second kappa shape index (κ2) is 10.9. The van der Waals surface area contributed by atoms with Gasteiger partial charge in [0, 0.05) is 41.2 Å². The second-order valence-electron chi connectivity index (χ2n) is 10.5. The summed E-state index contributed by atoms with van der Waals surface area (Å²) in [6.45, 7) is 1.35. The predicted molar refractivity (Wildman–Crippen MR) is 139 cm³/mol. The molecule has 3 aromatic rings. The van der Waals surface area contributed by atoms with Crippen molar-refractivity contribution in [1.29, 1.82) is 0 Å². The number of hydrazine groups is 1. The lowest BCUT2D eigenvalue weighted by atomic mass is 9.90. The molecule has 44 heavy (non-hydrogen) atoms. The third-order valence-corrected chi connectivity index (χ3v) is 7.61. The molecule has 232 valence electrons. The number of hydrogen-bond acceptors (Lipinski definition) is 5. The zero-order chi connectivity index (χ0) is 32.2.